The van der Waals surface area contributed by atoms with Crippen molar-refractivity contribution in [3.8, 4) is 5.75 Å². The average Bonchev–Trinajstić information content (AvgIpc) is 3.07. The number of ether oxygens (including phenoxy) is 1. The molecule has 1 amide bonds. The maximum Gasteiger partial charge on any atom is 0.255 e. The van der Waals surface area contributed by atoms with Crippen LogP contribution in [-0.4, -0.2) is 34.0 Å². The molecular weight excluding hydrogens is 400 g/mol. The van der Waals surface area contributed by atoms with Crippen LogP contribution in [-0.2, 0) is 22.9 Å². The number of hydrogen-bond acceptors (Lipinski definition) is 4. The molecule has 0 saturated heterocycles. The number of nitrogens with one attached hydrogen (secondary N) is 2. The average molecular weight is 423 g/mol. The fourth-order valence-electron chi connectivity index (χ4n) is 3.30. The van der Waals surface area contributed by atoms with E-state index < -0.39 is 10.0 Å². The normalized spacial score (nSPS) is 15.9. The third-order valence-corrected chi connectivity index (χ3v) is 6.40. The lowest BCUT2D eigenvalue weighted by molar-refractivity contribution is 0.0935. The number of hydrogen-bond donors (Lipinski definition) is 2. The Balaban J connectivity index is 1.73. The van der Waals surface area contributed by atoms with Gasteiger partial charge in [0.25, 0.3) is 5.91 Å². The number of amides is 1. The Morgan fingerprint density at radius 1 is 1.18 bits per heavy atom. The van der Waals surface area contributed by atoms with Crippen molar-refractivity contribution < 1.29 is 17.9 Å². The molecule has 0 spiro atoms. The Morgan fingerprint density at radius 2 is 1.93 bits per heavy atom. The van der Waals surface area contributed by atoms with Crippen LogP contribution in [0.15, 0.2) is 41.3 Å². The molecule has 0 bridgehead atoms. The van der Waals surface area contributed by atoms with Crippen LogP contribution in [0.1, 0.15) is 34.8 Å². The molecule has 0 saturated carbocycles. The molecule has 1 aliphatic carbocycles. The van der Waals surface area contributed by atoms with Crippen LogP contribution in [0.2, 0.25) is 5.02 Å². The van der Waals surface area contributed by atoms with Crippen LogP contribution >= 0.6 is 11.6 Å². The number of benzene rings is 2. The maximum absolute atomic E-state index is 12.7. The van der Waals surface area contributed by atoms with Gasteiger partial charge in [-0.1, -0.05) is 24.6 Å². The first-order valence-corrected chi connectivity index (χ1v) is 11.0. The molecule has 2 aromatic rings. The van der Waals surface area contributed by atoms with Gasteiger partial charge in [0.2, 0.25) is 10.0 Å². The molecule has 0 radical (unpaired) electrons. The fraction of sp³-hybridized carbons (Fsp3) is 0.350. The minimum atomic E-state index is -3.51. The highest BCUT2D eigenvalue weighted by atomic mass is 35.5. The molecule has 28 heavy (non-hydrogen) atoms. The highest BCUT2D eigenvalue weighted by molar-refractivity contribution is 7.89. The minimum absolute atomic E-state index is 0.118. The van der Waals surface area contributed by atoms with Gasteiger partial charge in [-0.25, -0.2) is 13.1 Å². The first kappa shape index (κ1) is 20.6. The number of halogens is 1. The maximum atomic E-state index is 12.7. The van der Waals surface area contributed by atoms with E-state index in [9.17, 15) is 13.2 Å². The Hall–Kier alpha value is -2.09. The van der Waals surface area contributed by atoms with E-state index >= 15 is 0 Å². The number of methoxy groups -OCH3 is 1. The second-order valence-corrected chi connectivity index (χ2v) is 8.95. The van der Waals surface area contributed by atoms with E-state index in [0.29, 0.717) is 35.7 Å². The summed E-state index contributed by atoms with van der Waals surface area (Å²) in [6, 6.07) is 9.90. The Morgan fingerprint density at radius 3 is 2.64 bits per heavy atom. The van der Waals surface area contributed by atoms with Gasteiger partial charge < -0.3 is 10.1 Å². The second-order valence-electron chi connectivity index (χ2n) is 6.75. The molecule has 8 heteroatoms. The van der Waals surface area contributed by atoms with Crippen LogP contribution in [0.3, 0.4) is 0 Å². The van der Waals surface area contributed by atoms with Gasteiger partial charge in [-0.05, 0) is 60.7 Å². The van der Waals surface area contributed by atoms with Crippen molar-refractivity contribution in [3.63, 3.8) is 0 Å². The molecule has 0 aliphatic heterocycles. The summed E-state index contributed by atoms with van der Waals surface area (Å²) in [5.74, 6) is 0.183. The lowest BCUT2D eigenvalue weighted by Gasteiger charge is -2.14. The summed E-state index contributed by atoms with van der Waals surface area (Å²) < 4.78 is 32.5. The van der Waals surface area contributed by atoms with Crippen molar-refractivity contribution in [1.29, 1.82) is 0 Å². The molecule has 1 aliphatic rings. The van der Waals surface area contributed by atoms with Crippen molar-refractivity contribution in [2.45, 2.75) is 37.1 Å². The largest absolute Gasteiger partial charge is 0.496 e. The van der Waals surface area contributed by atoms with E-state index in [1.165, 1.54) is 7.11 Å². The molecule has 0 heterocycles. The van der Waals surface area contributed by atoms with Gasteiger partial charge >= 0.3 is 0 Å². The van der Waals surface area contributed by atoms with E-state index in [2.05, 4.69) is 10.0 Å². The number of sulfonamides is 1. The van der Waals surface area contributed by atoms with Crippen LogP contribution in [0.25, 0.3) is 0 Å². The van der Waals surface area contributed by atoms with Gasteiger partial charge in [0.1, 0.15) is 5.75 Å². The predicted molar refractivity (Wildman–Crippen MR) is 109 cm³/mol. The highest BCUT2D eigenvalue weighted by Crippen LogP contribution is 2.27. The Bertz CT molecular complexity index is 992. The van der Waals surface area contributed by atoms with E-state index in [4.69, 9.17) is 16.3 Å². The number of fused-ring (bicyclic) bond motifs is 1. The molecule has 150 valence electrons. The summed E-state index contributed by atoms with van der Waals surface area (Å²) in [5, 5.41) is 3.45. The summed E-state index contributed by atoms with van der Waals surface area (Å²) in [4.78, 5) is 12.9. The zero-order valence-electron chi connectivity index (χ0n) is 15.8. The SMILES string of the molecule is CCCNS(=O)(=O)c1ccc2c(c1)CC(NC(=O)c1cc(Cl)ccc1OC)C2. The smallest absolute Gasteiger partial charge is 0.255 e. The van der Waals surface area contributed by atoms with Gasteiger partial charge in [0, 0.05) is 17.6 Å². The lowest BCUT2D eigenvalue weighted by Crippen LogP contribution is -2.35. The zero-order chi connectivity index (χ0) is 20.3. The standard InChI is InChI=1S/C20H23ClN2O4S/c1-3-8-22-28(25,26)17-6-4-13-9-16(10-14(13)11-17)23-20(24)18-12-15(21)5-7-19(18)27-2/h4-7,11-12,16,22H,3,8-10H2,1-2H3,(H,23,24). The van der Waals surface area contributed by atoms with Gasteiger partial charge in [0.15, 0.2) is 0 Å². The summed E-state index contributed by atoms with van der Waals surface area (Å²) >= 11 is 6.01. The summed E-state index contributed by atoms with van der Waals surface area (Å²) in [5.41, 5.74) is 2.35. The van der Waals surface area contributed by atoms with Crippen molar-refractivity contribution in [2.75, 3.05) is 13.7 Å². The molecule has 0 aromatic heterocycles. The van der Waals surface area contributed by atoms with Crippen molar-refractivity contribution in [1.82, 2.24) is 10.0 Å². The molecule has 6 nitrogen and oxygen atoms in total. The second kappa shape index (κ2) is 8.51. The molecule has 1 atom stereocenters. The van der Waals surface area contributed by atoms with Crippen LogP contribution in [0.4, 0.5) is 0 Å². The highest BCUT2D eigenvalue weighted by Gasteiger charge is 2.26. The van der Waals surface area contributed by atoms with Gasteiger partial charge in [0.05, 0.1) is 17.6 Å². The molecule has 0 fully saturated rings. The van der Waals surface area contributed by atoms with Gasteiger partial charge in [-0.3, -0.25) is 4.79 Å². The molecule has 3 rings (SSSR count). The van der Waals surface area contributed by atoms with E-state index in [1.807, 2.05) is 13.0 Å². The van der Waals surface area contributed by atoms with Crippen molar-refractivity contribution in [3.05, 3.63) is 58.1 Å². The van der Waals surface area contributed by atoms with Crippen LogP contribution in [0.5, 0.6) is 5.75 Å². The molecular formula is C20H23ClN2O4S. The monoisotopic (exact) mass is 422 g/mol. The zero-order valence-corrected chi connectivity index (χ0v) is 17.4. The van der Waals surface area contributed by atoms with Crippen molar-refractivity contribution in [2.24, 2.45) is 0 Å². The minimum Gasteiger partial charge on any atom is -0.496 e. The Kier molecular flexibility index (Phi) is 6.27. The van der Waals surface area contributed by atoms with E-state index in [0.717, 1.165) is 17.5 Å². The molecule has 2 N–H and O–H groups in total. The quantitative estimate of drug-likeness (QED) is 0.718. The summed E-state index contributed by atoms with van der Waals surface area (Å²) in [6.45, 7) is 2.31. The summed E-state index contributed by atoms with van der Waals surface area (Å²) in [6.07, 6.45) is 1.94. The van der Waals surface area contributed by atoms with E-state index in [1.54, 1.807) is 30.3 Å². The third-order valence-electron chi connectivity index (χ3n) is 4.70. The first-order chi connectivity index (χ1) is 13.3. The van der Waals surface area contributed by atoms with Crippen molar-refractivity contribution >= 4 is 27.5 Å². The van der Waals surface area contributed by atoms with Crippen LogP contribution in [0, 0.1) is 0 Å². The predicted octanol–water partition coefficient (Wildman–Crippen LogP) is 2.93. The number of carbonyl (C=O) groups is 1. The van der Waals surface area contributed by atoms with Crippen LogP contribution < -0.4 is 14.8 Å². The summed E-state index contributed by atoms with van der Waals surface area (Å²) in [7, 11) is -2.01. The number of rotatable bonds is 7. The molecule has 1 unspecified atom stereocenters. The lowest BCUT2D eigenvalue weighted by atomic mass is 10.1. The molecule has 2 aromatic carbocycles. The first-order valence-electron chi connectivity index (χ1n) is 9.10. The van der Waals surface area contributed by atoms with Gasteiger partial charge in [-0.2, -0.15) is 0 Å². The van der Waals surface area contributed by atoms with E-state index in [-0.39, 0.29) is 16.8 Å². The number of carbonyl (C=O) groups excluding carboxylic acids is 1. The Labute approximate surface area is 170 Å². The van der Waals surface area contributed by atoms with Gasteiger partial charge in [-0.15, -0.1) is 0 Å². The fourth-order valence-corrected chi connectivity index (χ4v) is 4.66. The topological polar surface area (TPSA) is 84.5 Å². The third kappa shape index (κ3) is 4.48.